The number of para-hydroxylation sites is 1. The van der Waals surface area contributed by atoms with Crippen LogP contribution >= 0.6 is 12.4 Å². The van der Waals surface area contributed by atoms with E-state index in [0.29, 0.717) is 0 Å². The largest absolute Gasteiger partial charge is 0.343 e. The van der Waals surface area contributed by atoms with Crippen molar-refractivity contribution in [1.29, 1.82) is 10.8 Å². The normalized spacial score (nSPS) is 14.2. The molecule has 0 atom stereocenters. The van der Waals surface area contributed by atoms with Crippen LogP contribution in [-0.2, 0) is 0 Å². The SMILES string of the molecule is Cl.N=C(NC(=N)N1CCCCC1)Nc1ccccc1F. The second kappa shape index (κ2) is 7.69. The molecule has 1 saturated heterocycles. The molecule has 1 aromatic carbocycles. The number of hydrogen-bond donors (Lipinski definition) is 4. The summed E-state index contributed by atoms with van der Waals surface area (Å²) in [6, 6.07) is 6.16. The Morgan fingerprint density at radius 3 is 2.40 bits per heavy atom. The quantitative estimate of drug-likeness (QED) is 0.476. The Morgan fingerprint density at radius 2 is 1.75 bits per heavy atom. The van der Waals surface area contributed by atoms with Gasteiger partial charge in [0.25, 0.3) is 0 Å². The molecule has 1 fully saturated rings. The second-order valence-corrected chi connectivity index (χ2v) is 4.50. The van der Waals surface area contributed by atoms with Crippen LogP contribution in [0.3, 0.4) is 0 Å². The lowest BCUT2D eigenvalue weighted by Gasteiger charge is -2.29. The number of guanidine groups is 2. The topological polar surface area (TPSA) is 75.0 Å². The third kappa shape index (κ3) is 4.38. The summed E-state index contributed by atoms with van der Waals surface area (Å²) in [4.78, 5) is 1.89. The van der Waals surface area contributed by atoms with Gasteiger partial charge in [0.2, 0.25) is 0 Å². The van der Waals surface area contributed by atoms with Gasteiger partial charge in [-0.3, -0.25) is 16.1 Å². The summed E-state index contributed by atoms with van der Waals surface area (Å²) < 4.78 is 13.4. The maximum absolute atomic E-state index is 13.4. The molecule has 1 heterocycles. The lowest BCUT2D eigenvalue weighted by molar-refractivity contribution is 0.334. The molecule has 0 unspecified atom stereocenters. The van der Waals surface area contributed by atoms with Gasteiger partial charge in [-0.05, 0) is 31.4 Å². The van der Waals surface area contributed by atoms with Crippen molar-refractivity contribution in [2.24, 2.45) is 0 Å². The fraction of sp³-hybridized carbons (Fsp3) is 0.385. The third-order valence-electron chi connectivity index (χ3n) is 3.05. The molecule has 0 aliphatic carbocycles. The number of nitrogens with one attached hydrogen (secondary N) is 4. The van der Waals surface area contributed by atoms with Gasteiger partial charge in [0.05, 0.1) is 5.69 Å². The van der Waals surface area contributed by atoms with E-state index in [1.54, 1.807) is 18.2 Å². The molecule has 1 aliphatic rings. The van der Waals surface area contributed by atoms with Gasteiger partial charge in [-0.25, -0.2) is 4.39 Å². The summed E-state index contributed by atoms with van der Waals surface area (Å²) >= 11 is 0. The summed E-state index contributed by atoms with van der Waals surface area (Å²) in [5.41, 5.74) is 0.228. The van der Waals surface area contributed by atoms with Gasteiger partial charge >= 0.3 is 0 Å². The lowest BCUT2D eigenvalue weighted by atomic mass is 10.1. The molecular formula is C13H19ClFN5. The Morgan fingerprint density at radius 1 is 1.10 bits per heavy atom. The van der Waals surface area contributed by atoms with Crippen LogP contribution in [0, 0.1) is 16.6 Å². The van der Waals surface area contributed by atoms with E-state index in [9.17, 15) is 4.39 Å². The first-order chi connectivity index (χ1) is 9.16. The van der Waals surface area contributed by atoms with Gasteiger partial charge in [0.15, 0.2) is 11.9 Å². The number of hydrogen-bond acceptors (Lipinski definition) is 2. The summed E-state index contributed by atoms with van der Waals surface area (Å²) in [5.74, 6) is -0.326. The highest BCUT2D eigenvalue weighted by molar-refractivity contribution is 6.02. The second-order valence-electron chi connectivity index (χ2n) is 4.50. The minimum atomic E-state index is -0.418. The molecule has 7 heteroatoms. The van der Waals surface area contributed by atoms with Crippen LogP contribution in [0.5, 0.6) is 0 Å². The monoisotopic (exact) mass is 299 g/mol. The average Bonchev–Trinajstić information content (AvgIpc) is 2.42. The number of piperidine rings is 1. The zero-order chi connectivity index (χ0) is 13.7. The molecule has 0 spiro atoms. The Kier molecular flexibility index (Phi) is 6.24. The van der Waals surface area contributed by atoms with Crippen molar-refractivity contribution < 1.29 is 4.39 Å². The van der Waals surface area contributed by atoms with Gasteiger partial charge in [-0.1, -0.05) is 12.1 Å². The van der Waals surface area contributed by atoms with E-state index in [1.165, 1.54) is 12.5 Å². The van der Waals surface area contributed by atoms with Crippen LogP contribution in [0.1, 0.15) is 19.3 Å². The number of nitrogens with zero attached hydrogens (tertiary/aromatic N) is 1. The molecule has 0 radical (unpaired) electrons. The molecule has 0 saturated carbocycles. The minimum absolute atomic E-state index is 0. The fourth-order valence-corrected chi connectivity index (χ4v) is 2.04. The summed E-state index contributed by atoms with van der Waals surface area (Å²) in [6.45, 7) is 1.66. The van der Waals surface area contributed by atoms with Gasteiger partial charge in [-0.15, -0.1) is 12.4 Å². The van der Waals surface area contributed by atoms with Crippen molar-refractivity contribution in [2.75, 3.05) is 18.4 Å². The molecule has 0 bridgehead atoms. The van der Waals surface area contributed by atoms with Gasteiger partial charge in [-0.2, -0.15) is 0 Å². The van der Waals surface area contributed by atoms with Gasteiger partial charge in [0, 0.05) is 13.1 Å². The van der Waals surface area contributed by atoms with E-state index < -0.39 is 5.82 Å². The van der Waals surface area contributed by atoms with E-state index >= 15 is 0 Å². The Balaban J connectivity index is 0.00000200. The van der Waals surface area contributed by atoms with Crippen LogP contribution in [0.4, 0.5) is 10.1 Å². The van der Waals surface area contributed by atoms with Crippen LogP contribution < -0.4 is 10.6 Å². The Hall–Kier alpha value is -1.82. The number of anilines is 1. The number of halogens is 2. The van der Waals surface area contributed by atoms with Crippen molar-refractivity contribution in [2.45, 2.75) is 19.3 Å². The van der Waals surface area contributed by atoms with Gasteiger partial charge < -0.3 is 10.2 Å². The first-order valence-corrected chi connectivity index (χ1v) is 6.37. The van der Waals surface area contributed by atoms with Crippen LogP contribution in [0.2, 0.25) is 0 Å². The third-order valence-corrected chi connectivity index (χ3v) is 3.05. The standard InChI is InChI=1S/C13H18FN5.ClH/c14-10-6-2-3-7-11(10)17-12(15)18-13(16)19-8-4-1-5-9-19;/h2-3,6-7H,1,4-5,8-9H2,(H4,15,16,17,18);1H. The van der Waals surface area contributed by atoms with E-state index in [0.717, 1.165) is 25.9 Å². The van der Waals surface area contributed by atoms with E-state index in [2.05, 4.69) is 10.6 Å². The summed E-state index contributed by atoms with van der Waals surface area (Å²) in [6.07, 6.45) is 3.32. The molecule has 1 aromatic rings. The molecule has 20 heavy (non-hydrogen) atoms. The zero-order valence-electron chi connectivity index (χ0n) is 11.1. The molecule has 2 rings (SSSR count). The lowest BCUT2D eigenvalue weighted by Crippen LogP contribution is -2.47. The van der Waals surface area contributed by atoms with E-state index in [-0.39, 0.29) is 30.0 Å². The molecule has 1 aliphatic heterocycles. The van der Waals surface area contributed by atoms with Crippen molar-refractivity contribution in [1.82, 2.24) is 10.2 Å². The highest BCUT2D eigenvalue weighted by Gasteiger charge is 2.14. The number of rotatable bonds is 1. The smallest absolute Gasteiger partial charge is 0.199 e. The first kappa shape index (κ1) is 16.2. The van der Waals surface area contributed by atoms with Gasteiger partial charge in [0.1, 0.15) is 5.82 Å². The van der Waals surface area contributed by atoms with Crippen molar-refractivity contribution in [3.63, 3.8) is 0 Å². The summed E-state index contributed by atoms with van der Waals surface area (Å²) in [7, 11) is 0. The maximum Gasteiger partial charge on any atom is 0.199 e. The van der Waals surface area contributed by atoms with Crippen LogP contribution in [-0.4, -0.2) is 29.9 Å². The van der Waals surface area contributed by atoms with Crippen molar-refractivity contribution in [3.8, 4) is 0 Å². The number of benzene rings is 1. The molecule has 0 amide bonds. The predicted molar refractivity (Wildman–Crippen MR) is 81.3 cm³/mol. The fourth-order valence-electron chi connectivity index (χ4n) is 2.04. The summed E-state index contributed by atoms with van der Waals surface area (Å²) in [5, 5.41) is 20.8. The maximum atomic E-state index is 13.4. The highest BCUT2D eigenvalue weighted by atomic mass is 35.5. The van der Waals surface area contributed by atoms with Crippen LogP contribution in [0.25, 0.3) is 0 Å². The Bertz CT molecular complexity index is 474. The molecule has 4 N–H and O–H groups in total. The van der Waals surface area contributed by atoms with Crippen LogP contribution in [0.15, 0.2) is 24.3 Å². The average molecular weight is 300 g/mol. The van der Waals surface area contributed by atoms with Crippen molar-refractivity contribution >= 4 is 30.0 Å². The van der Waals surface area contributed by atoms with Crippen molar-refractivity contribution in [3.05, 3.63) is 30.1 Å². The predicted octanol–water partition coefficient (Wildman–Crippen LogP) is 2.60. The first-order valence-electron chi connectivity index (χ1n) is 6.37. The molecule has 0 aromatic heterocycles. The van der Waals surface area contributed by atoms with E-state index in [1.807, 2.05) is 4.90 Å². The minimum Gasteiger partial charge on any atom is -0.343 e. The molecule has 5 nitrogen and oxygen atoms in total. The molecule has 110 valence electrons. The molecular weight excluding hydrogens is 281 g/mol. The van der Waals surface area contributed by atoms with E-state index in [4.69, 9.17) is 10.8 Å². The highest BCUT2D eigenvalue weighted by Crippen LogP contribution is 2.12. The Labute approximate surface area is 124 Å². The number of likely N-dealkylation sites (tertiary alicyclic amines) is 1. The zero-order valence-corrected chi connectivity index (χ0v) is 11.9.